The van der Waals surface area contributed by atoms with Gasteiger partial charge in [0.05, 0.1) is 5.56 Å². The summed E-state index contributed by atoms with van der Waals surface area (Å²) in [5.74, 6) is 0. The Bertz CT molecular complexity index is 623. The average Bonchev–Trinajstić information content (AvgIpc) is 2.68. The van der Waals surface area contributed by atoms with Crippen LogP contribution in [0.3, 0.4) is 0 Å². The number of fused-ring (bicyclic) bond motifs is 1. The van der Waals surface area contributed by atoms with Gasteiger partial charge in [0, 0.05) is 23.1 Å². The fourth-order valence-corrected chi connectivity index (χ4v) is 1.87. The topological polar surface area (TPSA) is 60.0 Å². The van der Waals surface area contributed by atoms with E-state index < -0.39 is 11.7 Å². The second-order valence-electron chi connectivity index (χ2n) is 4.91. The van der Waals surface area contributed by atoms with Crippen molar-refractivity contribution in [3.63, 3.8) is 0 Å². The number of hydrogen-bond donors (Lipinski definition) is 1. The second-order valence-corrected chi connectivity index (χ2v) is 4.91. The Morgan fingerprint density at radius 1 is 1.38 bits per heavy atom. The Labute approximate surface area is 119 Å². The van der Waals surface area contributed by atoms with Gasteiger partial charge in [0.2, 0.25) is 0 Å². The summed E-state index contributed by atoms with van der Waals surface area (Å²) in [6.45, 7) is 1.61. The summed E-state index contributed by atoms with van der Waals surface area (Å²) in [6, 6.07) is 3.08. The van der Waals surface area contributed by atoms with Gasteiger partial charge in [-0.25, -0.2) is 0 Å². The molecule has 0 aliphatic rings. The Balaban J connectivity index is 2.19. The van der Waals surface area contributed by atoms with Crippen molar-refractivity contribution in [2.24, 2.45) is 0 Å². The first-order valence-corrected chi connectivity index (χ1v) is 6.32. The Morgan fingerprint density at radius 2 is 2.10 bits per heavy atom. The van der Waals surface area contributed by atoms with E-state index in [0.29, 0.717) is 17.0 Å². The van der Waals surface area contributed by atoms with E-state index in [1.807, 2.05) is 19.0 Å². The van der Waals surface area contributed by atoms with E-state index in [1.54, 1.807) is 0 Å². The largest absolute Gasteiger partial charge is 0.571 e. The maximum absolute atomic E-state index is 12.6. The molecule has 0 amide bonds. The van der Waals surface area contributed by atoms with Crippen molar-refractivity contribution in [1.82, 2.24) is 20.0 Å². The van der Waals surface area contributed by atoms with Crippen LogP contribution in [0, 0.1) is 5.21 Å². The van der Waals surface area contributed by atoms with Gasteiger partial charge in [-0.3, -0.25) is 5.32 Å². The number of rotatable bonds is 5. The molecule has 0 fully saturated rings. The van der Waals surface area contributed by atoms with Crippen LogP contribution in [-0.4, -0.2) is 41.9 Å². The maximum atomic E-state index is 12.6. The predicted octanol–water partition coefficient (Wildman–Crippen LogP) is 0.797. The number of nitrogens with one attached hydrogen (secondary N) is 1. The molecule has 1 heterocycles. The normalized spacial score (nSPS) is 12.5. The number of alkyl halides is 3. The van der Waals surface area contributed by atoms with Gasteiger partial charge < -0.3 is 10.1 Å². The zero-order valence-electron chi connectivity index (χ0n) is 11.7. The molecule has 0 saturated carbocycles. The summed E-state index contributed by atoms with van der Waals surface area (Å²) in [5, 5.41) is 18.3. The highest BCUT2D eigenvalue weighted by Gasteiger charge is 2.31. The molecular formula is C12H16F3N5O. The van der Waals surface area contributed by atoms with Crippen molar-refractivity contribution in [3.8, 4) is 0 Å². The quantitative estimate of drug-likeness (QED) is 0.504. The van der Waals surface area contributed by atoms with Crippen molar-refractivity contribution in [2.75, 3.05) is 27.2 Å². The molecule has 0 aliphatic carbocycles. The standard InChI is InChI=1S/C12H16F3N5O/c1-18(2)6-5-16-8-19-11-4-3-9(12(13,14)15)7-10(11)17-20(19)21/h3-4,7,16H,5-6,8H2,1-2H3. The average molecular weight is 303 g/mol. The lowest BCUT2D eigenvalue weighted by atomic mass is 10.2. The number of likely N-dealkylation sites (N-methyl/N-ethyl adjacent to an activating group) is 1. The molecule has 2 rings (SSSR count). The molecule has 0 saturated heterocycles. The Kier molecular flexibility index (Phi) is 4.33. The highest BCUT2D eigenvalue weighted by atomic mass is 19.4. The van der Waals surface area contributed by atoms with Crippen molar-refractivity contribution in [2.45, 2.75) is 12.8 Å². The number of hydrogen-bond acceptors (Lipinski definition) is 4. The monoisotopic (exact) mass is 303 g/mol. The lowest BCUT2D eigenvalue weighted by Gasteiger charge is -2.10. The smallest absolute Gasteiger partial charge is 0.416 e. The highest BCUT2D eigenvalue weighted by molar-refractivity contribution is 5.74. The van der Waals surface area contributed by atoms with Crippen LogP contribution in [0.25, 0.3) is 11.0 Å². The molecule has 0 spiro atoms. The zero-order valence-corrected chi connectivity index (χ0v) is 11.7. The number of aromatic nitrogens is 3. The van der Waals surface area contributed by atoms with Crippen LogP contribution < -0.4 is 10.3 Å². The minimum atomic E-state index is -4.45. The summed E-state index contributed by atoms with van der Waals surface area (Å²) in [4.78, 5) is 2.27. The molecule has 116 valence electrons. The summed E-state index contributed by atoms with van der Waals surface area (Å²) in [7, 11) is 3.83. The van der Waals surface area contributed by atoms with E-state index >= 15 is 0 Å². The van der Waals surface area contributed by atoms with Crippen LogP contribution in [0.1, 0.15) is 5.56 Å². The zero-order chi connectivity index (χ0) is 15.6. The molecule has 2 aromatic rings. The molecule has 0 radical (unpaired) electrons. The molecular weight excluding hydrogens is 287 g/mol. The molecule has 0 atom stereocenters. The van der Waals surface area contributed by atoms with Crippen LogP contribution in [0.15, 0.2) is 18.2 Å². The summed E-state index contributed by atoms with van der Waals surface area (Å²) in [5.41, 5.74) is -0.439. The molecule has 0 unspecified atom stereocenters. The molecule has 1 aromatic heterocycles. The number of nitrogens with zero attached hydrogens (tertiary/aromatic N) is 4. The van der Waals surface area contributed by atoms with Crippen LogP contribution in [-0.2, 0) is 12.8 Å². The van der Waals surface area contributed by atoms with Gasteiger partial charge in [0.25, 0.3) is 0 Å². The van der Waals surface area contributed by atoms with Crippen LogP contribution >= 0.6 is 0 Å². The van der Waals surface area contributed by atoms with Crippen molar-refractivity contribution >= 4 is 11.0 Å². The molecule has 21 heavy (non-hydrogen) atoms. The van der Waals surface area contributed by atoms with E-state index in [1.165, 1.54) is 10.7 Å². The first-order chi connectivity index (χ1) is 9.79. The lowest BCUT2D eigenvalue weighted by Crippen LogP contribution is -2.43. The predicted molar refractivity (Wildman–Crippen MR) is 70.3 cm³/mol. The fraction of sp³-hybridized carbons (Fsp3) is 0.500. The summed E-state index contributed by atoms with van der Waals surface area (Å²) < 4.78 is 39.1. The van der Waals surface area contributed by atoms with E-state index in [0.717, 1.165) is 18.7 Å². The Morgan fingerprint density at radius 3 is 2.71 bits per heavy atom. The van der Waals surface area contributed by atoms with Crippen molar-refractivity contribution in [1.29, 1.82) is 0 Å². The van der Waals surface area contributed by atoms with Crippen LogP contribution in [0.5, 0.6) is 0 Å². The van der Waals surface area contributed by atoms with Gasteiger partial charge in [-0.05, 0) is 32.3 Å². The van der Waals surface area contributed by atoms with Gasteiger partial charge in [-0.15, -0.1) is 4.68 Å². The second kappa shape index (κ2) is 5.86. The Hall–Kier alpha value is -1.87. The van der Waals surface area contributed by atoms with Crippen LogP contribution in [0.2, 0.25) is 0 Å². The van der Waals surface area contributed by atoms with E-state index in [-0.39, 0.29) is 12.2 Å². The molecule has 1 aromatic carbocycles. The van der Waals surface area contributed by atoms with Crippen LogP contribution in [0.4, 0.5) is 13.2 Å². The number of halogens is 3. The number of benzene rings is 1. The minimum absolute atomic E-state index is 0.0224. The van der Waals surface area contributed by atoms with E-state index in [9.17, 15) is 18.4 Å². The molecule has 9 heteroatoms. The minimum Gasteiger partial charge on any atom is -0.571 e. The fourth-order valence-electron chi connectivity index (χ4n) is 1.87. The van der Waals surface area contributed by atoms with E-state index in [2.05, 4.69) is 10.4 Å². The first kappa shape index (κ1) is 15.5. The van der Waals surface area contributed by atoms with Gasteiger partial charge in [0.15, 0.2) is 5.52 Å². The maximum Gasteiger partial charge on any atom is 0.416 e. The third kappa shape index (κ3) is 3.61. The SMILES string of the molecule is CN(C)CCNCn1c2ccc(C(F)(F)F)cc2n[n+]1[O-]. The van der Waals surface area contributed by atoms with Gasteiger partial charge in [-0.2, -0.15) is 13.2 Å². The van der Waals surface area contributed by atoms with Crippen molar-refractivity contribution in [3.05, 3.63) is 29.0 Å². The highest BCUT2D eigenvalue weighted by Crippen LogP contribution is 2.30. The molecule has 0 aliphatic heterocycles. The van der Waals surface area contributed by atoms with Crippen molar-refractivity contribution < 1.29 is 18.1 Å². The third-order valence-electron chi connectivity index (χ3n) is 2.98. The van der Waals surface area contributed by atoms with Gasteiger partial charge in [-0.1, -0.05) is 0 Å². The molecule has 1 N–H and O–H groups in total. The van der Waals surface area contributed by atoms with E-state index in [4.69, 9.17) is 0 Å². The van der Waals surface area contributed by atoms with Gasteiger partial charge in [0.1, 0.15) is 12.2 Å². The van der Waals surface area contributed by atoms with Gasteiger partial charge >= 0.3 is 6.18 Å². The lowest BCUT2D eigenvalue weighted by molar-refractivity contribution is -0.746. The summed E-state index contributed by atoms with van der Waals surface area (Å²) in [6.07, 6.45) is -4.45. The molecule has 6 nitrogen and oxygen atoms in total. The molecule has 0 bridgehead atoms. The summed E-state index contributed by atoms with van der Waals surface area (Å²) >= 11 is 0. The third-order valence-corrected chi connectivity index (χ3v) is 2.98. The first-order valence-electron chi connectivity index (χ1n) is 6.32.